The Morgan fingerprint density at radius 1 is 1.38 bits per heavy atom. The van der Waals surface area contributed by atoms with Crippen molar-refractivity contribution in [3.8, 4) is 17.0 Å². The van der Waals surface area contributed by atoms with Gasteiger partial charge in [-0.15, -0.1) is 0 Å². The molecule has 0 saturated carbocycles. The Bertz CT molecular complexity index is 673. The maximum absolute atomic E-state index is 11.4. The molecular weight excluding hydrogens is 272 g/mol. The van der Waals surface area contributed by atoms with E-state index in [-0.39, 0.29) is 11.5 Å². The number of nitrogens with zero attached hydrogens (tertiary/aromatic N) is 3. The van der Waals surface area contributed by atoms with Crippen LogP contribution in [0.1, 0.15) is 12.5 Å². The van der Waals surface area contributed by atoms with E-state index in [0.717, 1.165) is 5.56 Å². The molecule has 7 nitrogen and oxygen atoms in total. The third-order valence-corrected chi connectivity index (χ3v) is 3.04. The van der Waals surface area contributed by atoms with Gasteiger partial charge in [-0.05, 0) is 37.6 Å². The molecule has 110 valence electrons. The average Bonchev–Trinajstić information content (AvgIpc) is 2.47. The summed E-state index contributed by atoms with van der Waals surface area (Å²) in [4.78, 5) is 19.0. The summed E-state index contributed by atoms with van der Waals surface area (Å²) in [6.07, 6.45) is 1.32. The summed E-state index contributed by atoms with van der Waals surface area (Å²) in [5.41, 5.74) is 1.71. The molecule has 1 aromatic heterocycles. The minimum absolute atomic E-state index is 0.118. The summed E-state index contributed by atoms with van der Waals surface area (Å²) in [6, 6.07) is 5.33. The lowest BCUT2D eigenvalue weighted by Crippen LogP contribution is -2.06. The maximum atomic E-state index is 11.4. The molecule has 0 fully saturated rings. The summed E-state index contributed by atoms with van der Waals surface area (Å²) in [5.74, 6) is 0.919. The van der Waals surface area contributed by atoms with Crippen LogP contribution < -0.4 is 10.1 Å². The van der Waals surface area contributed by atoms with Crippen LogP contribution in [-0.2, 0) is 0 Å². The molecule has 0 radical (unpaired) electrons. The first kappa shape index (κ1) is 14.7. The van der Waals surface area contributed by atoms with Crippen molar-refractivity contribution in [2.75, 3.05) is 19.0 Å². The van der Waals surface area contributed by atoms with Crippen LogP contribution >= 0.6 is 0 Å². The molecule has 0 amide bonds. The number of anilines is 1. The normalized spacial score (nSPS) is 10.2. The molecule has 0 aliphatic rings. The molecule has 2 aromatic rings. The second-order valence-electron chi connectivity index (χ2n) is 4.39. The Hall–Kier alpha value is -2.70. The quantitative estimate of drug-likeness (QED) is 0.672. The predicted molar refractivity (Wildman–Crippen MR) is 79.6 cm³/mol. The summed E-state index contributed by atoms with van der Waals surface area (Å²) >= 11 is 0. The van der Waals surface area contributed by atoms with Gasteiger partial charge in [0.2, 0.25) is 5.82 Å². The zero-order valence-corrected chi connectivity index (χ0v) is 12.1. The number of aryl methyl sites for hydroxylation is 1. The lowest BCUT2D eigenvalue weighted by molar-refractivity contribution is -0.383. The van der Waals surface area contributed by atoms with Crippen molar-refractivity contribution in [1.82, 2.24) is 9.97 Å². The number of benzene rings is 1. The lowest BCUT2D eigenvalue weighted by atomic mass is 10.0. The Kier molecular flexibility index (Phi) is 4.32. The van der Waals surface area contributed by atoms with Gasteiger partial charge in [-0.2, -0.15) is 0 Å². The van der Waals surface area contributed by atoms with Gasteiger partial charge < -0.3 is 10.1 Å². The topological polar surface area (TPSA) is 90.2 Å². The predicted octanol–water partition coefficient (Wildman–Crippen LogP) is 2.80. The van der Waals surface area contributed by atoms with Gasteiger partial charge >= 0.3 is 5.69 Å². The first-order valence-electron chi connectivity index (χ1n) is 6.46. The number of ether oxygens (including phenoxy) is 1. The van der Waals surface area contributed by atoms with E-state index in [9.17, 15) is 10.1 Å². The van der Waals surface area contributed by atoms with Crippen LogP contribution in [0.5, 0.6) is 5.75 Å². The van der Waals surface area contributed by atoms with Gasteiger partial charge in [-0.1, -0.05) is 0 Å². The highest BCUT2D eigenvalue weighted by atomic mass is 16.6. The highest BCUT2D eigenvalue weighted by molar-refractivity contribution is 5.78. The van der Waals surface area contributed by atoms with E-state index in [1.165, 1.54) is 6.33 Å². The molecular formula is C14H16N4O3. The summed E-state index contributed by atoms with van der Waals surface area (Å²) in [6.45, 7) is 4.25. The molecule has 7 heteroatoms. The van der Waals surface area contributed by atoms with Gasteiger partial charge in [0.05, 0.1) is 12.0 Å². The van der Waals surface area contributed by atoms with Crippen molar-refractivity contribution in [3.05, 3.63) is 40.2 Å². The van der Waals surface area contributed by atoms with E-state index in [1.807, 2.05) is 19.9 Å². The van der Waals surface area contributed by atoms with E-state index in [1.54, 1.807) is 19.2 Å². The molecule has 2 rings (SSSR count). The first-order valence-corrected chi connectivity index (χ1v) is 6.46. The van der Waals surface area contributed by atoms with Gasteiger partial charge in [-0.25, -0.2) is 9.97 Å². The monoisotopic (exact) mass is 288 g/mol. The SMILES string of the molecule is CCNc1ncnc(-c2ccc(OC)cc2C)c1[N+](=O)[O-]. The molecule has 1 aromatic carbocycles. The van der Waals surface area contributed by atoms with Gasteiger partial charge in [0.1, 0.15) is 12.1 Å². The van der Waals surface area contributed by atoms with Crippen LogP contribution in [0.4, 0.5) is 11.5 Å². The number of rotatable bonds is 5. The van der Waals surface area contributed by atoms with Crippen LogP contribution in [0.3, 0.4) is 0 Å². The Morgan fingerprint density at radius 2 is 2.14 bits per heavy atom. The highest BCUT2D eigenvalue weighted by Gasteiger charge is 2.24. The van der Waals surface area contributed by atoms with Crippen LogP contribution in [0.2, 0.25) is 0 Å². The number of aromatic nitrogens is 2. The van der Waals surface area contributed by atoms with Gasteiger partial charge in [0, 0.05) is 12.1 Å². The van der Waals surface area contributed by atoms with Crippen molar-refractivity contribution >= 4 is 11.5 Å². The van der Waals surface area contributed by atoms with Crippen molar-refractivity contribution in [2.45, 2.75) is 13.8 Å². The summed E-state index contributed by atoms with van der Waals surface area (Å²) < 4.78 is 5.15. The van der Waals surface area contributed by atoms with Crippen LogP contribution in [0.15, 0.2) is 24.5 Å². The maximum Gasteiger partial charge on any atom is 0.337 e. The van der Waals surface area contributed by atoms with E-state index >= 15 is 0 Å². The minimum Gasteiger partial charge on any atom is -0.497 e. The molecule has 0 saturated heterocycles. The molecule has 0 bridgehead atoms. The summed E-state index contributed by atoms with van der Waals surface area (Å²) in [7, 11) is 1.57. The molecule has 0 spiro atoms. The Balaban J connectivity index is 2.63. The molecule has 0 aliphatic heterocycles. The molecule has 0 atom stereocenters. The van der Waals surface area contributed by atoms with Crippen molar-refractivity contribution in [1.29, 1.82) is 0 Å². The fraction of sp³-hybridized carbons (Fsp3) is 0.286. The van der Waals surface area contributed by atoms with Crippen molar-refractivity contribution < 1.29 is 9.66 Å². The van der Waals surface area contributed by atoms with Crippen LogP contribution in [0.25, 0.3) is 11.3 Å². The fourth-order valence-electron chi connectivity index (χ4n) is 2.07. The highest BCUT2D eigenvalue weighted by Crippen LogP contribution is 2.35. The zero-order chi connectivity index (χ0) is 15.4. The fourth-order valence-corrected chi connectivity index (χ4v) is 2.07. The third-order valence-electron chi connectivity index (χ3n) is 3.04. The number of nitrogens with one attached hydrogen (secondary N) is 1. The lowest BCUT2D eigenvalue weighted by Gasteiger charge is -2.10. The van der Waals surface area contributed by atoms with Gasteiger partial charge in [-0.3, -0.25) is 10.1 Å². The largest absolute Gasteiger partial charge is 0.497 e. The molecule has 0 aliphatic carbocycles. The van der Waals surface area contributed by atoms with Gasteiger partial charge in [0.25, 0.3) is 0 Å². The minimum atomic E-state index is -0.461. The molecule has 0 unspecified atom stereocenters. The number of methoxy groups -OCH3 is 1. The molecule has 21 heavy (non-hydrogen) atoms. The summed E-state index contributed by atoms with van der Waals surface area (Å²) in [5, 5.41) is 14.3. The van der Waals surface area contributed by atoms with E-state index in [0.29, 0.717) is 23.6 Å². The molecule has 1 heterocycles. The third kappa shape index (κ3) is 2.91. The number of nitro groups is 1. The second kappa shape index (κ2) is 6.17. The zero-order valence-electron chi connectivity index (χ0n) is 12.1. The smallest absolute Gasteiger partial charge is 0.337 e. The van der Waals surface area contributed by atoms with Crippen molar-refractivity contribution in [2.24, 2.45) is 0 Å². The first-order chi connectivity index (χ1) is 10.1. The van der Waals surface area contributed by atoms with Gasteiger partial charge in [0.15, 0.2) is 5.69 Å². The van der Waals surface area contributed by atoms with E-state index < -0.39 is 4.92 Å². The number of hydrogen-bond acceptors (Lipinski definition) is 6. The van der Waals surface area contributed by atoms with Crippen LogP contribution in [0, 0.1) is 17.0 Å². The van der Waals surface area contributed by atoms with Crippen LogP contribution in [-0.4, -0.2) is 28.5 Å². The van der Waals surface area contributed by atoms with E-state index in [2.05, 4.69) is 15.3 Å². The standard InChI is InChI=1S/C14H16N4O3/c1-4-15-14-13(18(19)20)12(16-8-17-14)11-6-5-10(21-3)7-9(11)2/h5-8H,4H2,1-3H3,(H,15,16,17). The average molecular weight is 288 g/mol. The number of hydrogen-bond donors (Lipinski definition) is 1. The second-order valence-corrected chi connectivity index (χ2v) is 4.39. The Morgan fingerprint density at radius 3 is 2.71 bits per heavy atom. The molecule has 1 N–H and O–H groups in total. The van der Waals surface area contributed by atoms with E-state index in [4.69, 9.17) is 4.74 Å². The Labute approximate surface area is 122 Å². The van der Waals surface area contributed by atoms with Crippen molar-refractivity contribution in [3.63, 3.8) is 0 Å².